The SMILES string of the molecule is Cc1ccc(N)c(NCCC(C)O)c1. The zero-order valence-corrected chi connectivity index (χ0v) is 8.75. The molecule has 0 aromatic heterocycles. The van der Waals surface area contributed by atoms with Gasteiger partial charge in [-0.1, -0.05) is 6.07 Å². The van der Waals surface area contributed by atoms with E-state index in [1.54, 1.807) is 6.92 Å². The summed E-state index contributed by atoms with van der Waals surface area (Å²) in [6.07, 6.45) is 0.460. The number of nitrogens with two attached hydrogens (primary N) is 1. The highest BCUT2D eigenvalue weighted by atomic mass is 16.3. The minimum Gasteiger partial charge on any atom is -0.397 e. The average Bonchev–Trinajstić information content (AvgIpc) is 2.10. The number of anilines is 2. The molecule has 0 radical (unpaired) electrons. The summed E-state index contributed by atoms with van der Waals surface area (Å²) in [6.45, 7) is 4.55. The summed E-state index contributed by atoms with van der Waals surface area (Å²) in [5.74, 6) is 0. The third kappa shape index (κ3) is 3.26. The molecule has 3 nitrogen and oxygen atoms in total. The van der Waals surface area contributed by atoms with Crippen LogP contribution < -0.4 is 11.1 Å². The van der Waals surface area contributed by atoms with Gasteiger partial charge in [-0.15, -0.1) is 0 Å². The zero-order chi connectivity index (χ0) is 10.6. The number of benzene rings is 1. The molecule has 1 aromatic carbocycles. The Morgan fingerprint density at radius 1 is 1.50 bits per heavy atom. The molecular weight excluding hydrogens is 176 g/mol. The minimum atomic E-state index is -0.270. The number of aliphatic hydroxyl groups is 1. The summed E-state index contributed by atoms with van der Waals surface area (Å²) < 4.78 is 0. The molecule has 0 saturated carbocycles. The second-order valence-corrected chi connectivity index (χ2v) is 3.66. The first-order chi connectivity index (χ1) is 6.59. The van der Waals surface area contributed by atoms with Gasteiger partial charge < -0.3 is 16.2 Å². The van der Waals surface area contributed by atoms with Gasteiger partial charge in [-0.3, -0.25) is 0 Å². The highest BCUT2D eigenvalue weighted by Gasteiger charge is 1.99. The third-order valence-electron chi connectivity index (χ3n) is 2.09. The Hall–Kier alpha value is -1.22. The van der Waals surface area contributed by atoms with Gasteiger partial charge >= 0.3 is 0 Å². The van der Waals surface area contributed by atoms with Crippen LogP contribution in [0.1, 0.15) is 18.9 Å². The monoisotopic (exact) mass is 194 g/mol. The van der Waals surface area contributed by atoms with Gasteiger partial charge in [0.25, 0.3) is 0 Å². The van der Waals surface area contributed by atoms with Crippen molar-refractivity contribution in [3.63, 3.8) is 0 Å². The first-order valence-corrected chi connectivity index (χ1v) is 4.87. The molecule has 0 amide bonds. The number of nitrogens with one attached hydrogen (secondary N) is 1. The molecule has 1 rings (SSSR count). The second kappa shape index (κ2) is 4.86. The zero-order valence-electron chi connectivity index (χ0n) is 8.75. The standard InChI is InChI=1S/C11H18N2O/c1-8-3-4-10(12)11(7-8)13-6-5-9(2)14/h3-4,7,9,13-14H,5-6,12H2,1-2H3. The van der Waals surface area contributed by atoms with Gasteiger partial charge in [-0.25, -0.2) is 0 Å². The Kier molecular flexibility index (Phi) is 3.77. The van der Waals surface area contributed by atoms with Crippen LogP contribution >= 0.6 is 0 Å². The van der Waals surface area contributed by atoms with Crippen LogP contribution in [0.2, 0.25) is 0 Å². The number of rotatable bonds is 4. The topological polar surface area (TPSA) is 58.3 Å². The quantitative estimate of drug-likeness (QED) is 0.640. The lowest BCUT2D eigenvalue weighted by Crippen LogP contribution is -2.10. The minimum absolute atomic E-state index is 0.270. The number of nitrogen functional groups attached to an aromatic ring is 1. The van der Waals surface area contributed by atoms with Crippen LogP contribution in [-0.2, 0) is 0 Å². The molecule has 0 aliphatic carbocycles. The van der Waals surface area contributed by atoms with Crippen molar-refractivity contribution in [2.45, 2.75) is 26.4 Å². The normalized spacial score (nSPS) is 12.5. The van der Waals surface area contributed by atoms with Gasteiger partial charge in [0.1, 0.15) is 0 Å². The van der Waals surface area contributed by atoms with Crippen molar-refractivity contribution >= 4 is 11.4 Å². The molecule has 0 heterocycles. The van der Waals surface area contributed by atoms with Crippen LogP contribution in [0.25, 0.3) is 0 Å². The van der Waals surface area contributed by atoms with Crippen molar-refractivity contribution in [1.82, 2.24) is 0 Å². The highest BCUT2D eigenvalue weighted by molar-refractivity contribution is 5.66. The molecule has 0 saturated heterocycles. The van der Waals surface area contributed by atoms with Crippen molar-refractivity contribution < 1.29 is 5.11 Å². The van der Waals surface area contributed by atoms with Crippen LogP contribution in [-0.4, -0.2) is 17.8 Å². The van der Waals surface area contributed by atoms with Crippen LogP contribution in [0.15, 0.2) is 18.2 Å². The predicted molar refractivity (Wildman–Crippen MR) is 60.4 cm³/mol. The van der Waals surface area contributed by atoms with E-state index in [4.69, 9.17) is 10.8 Å². The first kappa shape index (κ1) is 10.9. The van der Waals surface area contributed by atoms with E-state index in [9.17, 15) is 0 Å². The molecular formula is C11H18N2O. The third-order valence-corrected chi connectivity index (χ3v) is 2.09. The van der Waals surface area contributed by atoms with E-state index >= 15 is 0 Å². The Balaban J connectivity index is 2.53. The van der Waals surface area contributed by atoms with E-state index < -0.39 is 0 Å². The van der Waals surface area contributed by atoms with Crippen molar-refractivity contribution in [1.29, 1.82) is 0 Å². The summed E-state index contributed by atoms with van der Waals surface area (Å²) in [5, 5.41) is 12.3. The van der Waals surface area contributed by atoms with Gasteiger partial charge in [-0.05, 0) is 38.0 Å². The van der Waals surface area contributed by atoms with Crippen LogP contribution in [0.3, 0.4) is 0 Å². The van der Waals surface area contributed by atoms with E-state index in [-0.39, 0.29) is 6.10 Å². The fourth-order valence-electron chi connectivity index (χ4n) is 1.24. The molecule has 78 valence electrons. The molecule has 1 aromatic rings. The molecule has 14 heavy (non-hydrogen) atoms. The van der Waals surface area contributed by atoms with E-state index in [0.717, 1.165) is 24.3 Å². The summed E-state index contributed by atoms with van der Waals surface area (Å²) in [5.41, 5.74) is 8.66. The number of aryl methyl sites for hydroxylation is 1. The lowest BCUT2D eigenvalue weighted by molar-refractivity contribution is 0.189. The summed E-state index contributed by atoms with van der Waals surface area (Å²) in [7, 11) is 0. The fraction of sp³-hybridized carbons (Fsp3) is 0.455. The maximum Gasteiger partial charge on any atom is 0.0576 e. The molecule has 0 aliphatic rings. The summed E-state index contributed by atoms with van der Waals surface area (Å²) >= 11 is 0. The van der Waals surface area contributed by atoms with E-state index in [1.807, 2.05) is 25.1 Å². The lowest BCUT2D eigenvalue weighted by Gasteiger charge is -2.10. The van der Waals surface area contributed by atoms with Gasteiger partial charge in [0.05, 0.1) is 17.5 Å². The highest BCUT2D eigenvalue weighted by Crippen LogP contribution is 2.19. The molecule has 0 spiro atoms. The van der Waals surface area contributed by atoms with Gasteiger partial charge in [0, 0.05) is 6.54 Å². The number of hydrogen-bond acceptors (Lipinski definition) is 3. The Bertz CT molecular complexity index is 297. The summed E-state index contributed by atoms with van der Waals surface area (Å²) in [4.78, 5) is 0. The van der Waals surface area contributed by atoms with Crippen molar-refractivity contribution in [2.75, 3.05) is 17.6 Å². The summed E-state index contributed by atoms with van der Waals surface area (Å²) in [6, 6.07) is 5.88. The molecule has 1 unspecified atom stereocenters. The van der Waals surface area contributed by atoms with Crippen LogP contribution in [0.5, 0.6) is 0 Å². The molecule has 4 N–H and O–H groups in total. The van der Waals surface area contributed by atoms with Gasteiger partial charge in [-0.2, -0.15) is 0 Å². The van der Waals surface area contributed by atoms with Gasteiger partial charge in [0.2, 0.25) is 0 Å². The average molecular weight is 194 g/mol. The molecule has 0 aliphatic heterocycles. The molecule has 3 heteroatoms. The van der Waals surface area contributed by atoms with E-state index in [0.29, 0.717) is 0 Å². The molecule has 0 bridgehead atoms. The Morgan fingerprint density at radius 3 is 2.86 bits per heavy atom. The van der Waals surface area contributed by atoms with Gasteiger partial charge in [0.15, 0.2) is 0 Å². The van der Waals surface area contributed by atoms with E-state index in [2.05, 4.69) is 5.32 Å². The largest absolute Gasteiger partial charge is 0.397 e. The lowest BCUT2D eigenvalue weighted by atomic mass is 10.2. The molecule has 0 fully saturated rings. The number of hydrogen-bond donors (Lipinski definition) is 3. The Morgan fingerprint density at radius 2 is 2.21 bits per heavy atom. The molecule has 1 atom stereocenters. The maximum atomic E-state index is 9.08. The second-order valence-electron chi connectivity index (χ2n) is 3.66. The Labute approximate surface area is 84.9 Å². The van der Waals surface area contributed by atoms with E-state index in [1.165, 1.54) is 5.56 Å². The fourth-order valence-corrected chi connectivity index (χ4v) is 1.24. The number of aliphatic hydroxyl groups excluding tert-OH is 1. The van der Waals surface area contributed by atoms with Crippen molar-refractivity contribution in [2.24, 2.45) is 0 Å². The van der Waals surface area contributed by atoms with Crippen molar-refractivity contribution in [3.05, 3.63) is 23.8 Å². The maximum absolute atomic E-state index is 9.08. The first-order valence-electron chi connectivity index (χ1n) is 4.87. The predicted octanol–water partition coefficient (Wildman–Crippen LogP) is 1.76. The van der Waals surface area contributed by atoms with Crippen LogP contribution in [0.4, 0.5) is 11.4 Å². The van der Waals surface area contributed by atoms with Crippen molar-refractivity contribution in [3.8, 4) is 0 Å². The van der Waals surface area contributed by atoms with Crippen LogP contribution in [0, 0.1) is 6.92 Å². The smallest absolute Gasteiger partial charge is 0.0576 e.